The highest BCUT2D eigenvalue weighted by molar-refractivity contribution is 7.22. The van der Waals surface area contributed by atoms with Gasteiger partial charge in [-0.3, -0.25) is 14.9 Å². The molecule has 2 amide bonds. The Labute approximate surface area is 158 Å². The molecule has 0 saturated carbocycles. The Bertz CT molecular complexity index is 1020. The number of amides is 2. The van der Waals surface area contributed by atoms with E-state index in [9.17, 15) is 9.59 Å². The summed E-state index contributed by atoms with van der Waals surface area (Å²) in [4.78, 5) is 30.5. The maximum absolute atomic E-state index is 12.7. The number of nitrogens with zero attached hydrogens (tertiary/aromatic N) is 2. The first-order chi connectivity index (χ1) is 12.5. The van der Waals surface area contributed by atoms with Gasteiger partial charge in [0.1, 0.15) is 5.75 Å². The molecular weight excluding hydrogens is 374 g/mol. The third kappa shape index (κ3) is 3.11. The standard InChI is InChI=1S/C18H14ClN3O3S/c1-10(23)22-9-15(25-14-5-3-2-4-13(14)22)17(24)21-18-20-12-7-6-11(19)8-16(12)26-18/h2-8,15H,9H2,1H3,(H,20,21,24)/t15-/m1/s1. The number of carbonyl (C=O) groups excluding carboxylic acids is 2. The summed E-state index contributed by atoms with van der Waals surface area (Å²) in [5.74, 6) is 0.00858. The van der Waals surface area contributed by atoms with E-state index in [2.05, 4.69) is 10.3 Å². The molecule has 0 unspecified atom stereocenters. The van der Waals surface area contributed by atoms with Crippen LogP contribution in [0.3, 0.4) is 0 Å². The van der Waals surface area contributed by atoms with Crippen LogP contribution in [0.1, 0.15) is 6.92 Å². The summed E-state index contributed by atoms with van der Waals surface area (Å²) in [6, 6.07) is 12.5. The first kappa shape index (κ1) is 16.8. The molecule has 0 fully saturated rings. The highest BCUT2D eigenvalue weighted by Crippen LogP contribution is 2.34. The molecule has 4 rings (SSSR count). The lowest BCUT2D eigenvalue weighted by Gasteiger charge is -2.33. The topological polar surface area (TPSA) is 71.5 Å². The van der Waals surface area contributed by atoms with Crippen molar-refractivity contribution in [3.05, 3.63) is 47.5 Å². The van der Waals surface area contributed by atoms with Crippen molar-refractivity contribution in [3.8, 4) is 5.75 Å². The van der Waals surface area contributed by atoms with Crippen molar-refractivity contribution in [3.63, 3.8) is 0 Å². The molecule has 0 spiro atoms. The van der Waals surface area contributed by atoms with Crippen molar-refractivity contribution in [2.75, 3.05) is 16.8 Å². The van der Waals surface area contributed by atoms with Gasteiger partial charge in [-0.1, -0.05) is 35.1 Å². The molecule has 1 atom stereocenters. The van der Waals surface area contributed by atoms with Crippen molar-refractivity contribution in [2.24, 2.45) is 0 Å². The Morgan fingerprint density at radius 2 is 2.12 bits per heavy atom. The fourth-order valence-electron chi connectivity index (χ4n) is 2.81. The molecule has 0 saturated heterocycles. The molecule has 2 heterocycles. The van der Waals surface area contributed by atoms with Crippen LogP contribution < -0.4 is 15.0 Å². The second kappa shape index (κ2) is 6.59. The van der Waals surface area contributed by atoms with Gasteiger partial charge in [0.25, 0.3) is 5.91 Å². The van der Waals surface area contributed by atoms with Crippen molar-refractivity contribution in [1.29, 1.82) is 0 Å². The van der Waals surface area contributed by atoms with Crippen molar-refractivity contribution in [1.82, 2.24) is 4.98 Å². The van der Waals surface area contributed by atoms with Gasteiger partial charge in [-0.05, 0) is 30.3 Å². The molecule has 1 aromatic heterocycles. The average Bonchev–Trinajstić information content (AvgIpc) is 3.01. The molecule has 2 aromatic carbocycles. The van der Waals surface area contributed by atoms with Crippen LogP contribution in [0.5, 0.6) is 5.75 Å². The SMILES string of the molecule is CC(=O)N1C[C@H](C(=O)Nc2nc3ccc(Cl)cc3s2)Oc2ccccc21. The smallest absolute Gasteiger partial charge is 0.269 e. The average molecular weight is 388 g/mol. The van der Waals surface area contributed by atoms with Gasteiger partial charge >= 0.3 is 0 Å². The van der Waals surface area contributed by atoms with Gasteiger partial charge in [-0.15, -0.1) is 0 Å². The van der Waals surface area contributed by atoms with Crippen LogP contribution in [-0.4, -0.2) is 29.4 Å². The van der Waals surface area contributed by atoms with E-state index in [1.165, 1.54) is 18.3 Å². The summed E-state index contributed by atoms with van der Waals surface area (Å²) < 4.78 is 6.67. The number of halogens is 1. The number of anilines is 2. The normalized spacial score (nSPS) is 16.1. The molecular formula is C18H14ClN3O3S. The van der Waals surface area contributed by atoms with Crippen molar-refractivity contribution < 1.29 is 14.3 Å². The second-order valence-electron chi connectivity index (χ2n) is 5.82. The number of hydrogen-bond donors (Lipinski definition) is 1. The maximum Gasteiger partial charge on any atom is 0.269 e. The molecule has 8 heteroatoms. The highest BCUT2D eigenvalue weighted by Gasteiger charge is 2.32. The lowest BCUT2D eigenvalue weighted by Crippen LogP contribution is -2.48. The molecule has 26 heavy (non-hydrogen) atoms. The van der Waals surface area contributed by atoms with E-state index >= 15 is 0 Å². The van der Waals surface area contributed by atoms with E-state index in [1.54, 1.807) is 41.3 Å². The van der Waals surface area contributed by atoms with Gasteiger partial charge in [0.2, 0.25) is 5.91 Å². The Morgan fingerprint density at radius 3 is 2.92 bits per heavy atom. The third-order valence-electron chi connectivity index (χ3n) is 4.03. The lowest BCUT2D eigenvalue weighted by molar-refractivity contribution is -0.123. The minimum absolute atomic E-state index is 0.145. The predicted molar refractivity (Wildman–Crippen MR) is 102 cm³/mol. The zero-order valence-corrected chi connectivity index (χ0v) is 15.3. The van der Waals surface area contributed by atoms with Crippen LogP contribution in [0.2, 0.25) is 5.02 Å². The number of hydrogen-bond acceptors (Lipinski definition) is 5. The fraction of sp³-hybridized carbons (Fsp3) is 0.167. The minimum atomic E-state index is -0.815. The zero-order valence-electron chi connectivity index (χ0n) is 13.7. The summed E-state index contributed by atoms with van der Waals surface area (Å²) in [6.07, 6.45) is -0.815. The van der Waals surface area contributed by atoms with E-state index in [0.717, 1.165) is 10.2 Å². The molecule has 1 aliphatic heterocycles. The Kier molecular flexibility index (Phi) is 4.26. The minimum Gasteiger partial charge on any atom is -0.476 e. The fourth-order valence-corrected chi connectivity index (χ4v) is 3.95. The third-order valence-corrected chi connectivity index (χ3v) is 5.20. The molecule has 0 radical (unpaired) electrons. The Morgan fingerprint density at radius 1 is 1.31 bits per heavy atom. The van der Waals surface area contributed by atoms with Gasteiger partial charge in [0.05, 0.1) is 22.4 Å². The van der Waals surface area contributed by atoms with Crippen LogP contribution in [0.25, 0.3) is 10.2 Å². The van der Waals surface area contributed by atoms with E-state index in [-0.39, 0.29) is 18.4 Å². The summed E-state index contributed by atoms with van der Waals surface area (Å²) in [5.41, 5.74) is 1.42. The number of aromatic nitrogens is 1. The second-order valence-corrected chi connectivity index (χ2v) is 7.29. The maximum atomic E-state index is 12.7. The molecule has 3 aromatic rings. The van der Waals surface area contributed by atoms with Crippen LogP contribution in [0, 0.1) is 0 Å². The summed E-state index contributed by atoms with van der Waals surface area (Å²) in [7, 11) is 0. The van der Waals surface area contributed by atoms with Gasteiger partial charge in [0, 0.05) is 11.9 Å². The van der Waals surface area contributed by atoms with Crippen LogP contribution in [0.4, 0.5) is 10.8 Å². The number of thiazole rings is 1. The first-order valence-electron chi connectivity index (χ1n) is 7.92. The molecule has 1 N–H and O–H groups in total. The van der Waals surface area contributed by atoms with Gasteiger partial charge in [-0.2, -0.15) is 0 Å². The largest absolute Gasteiger partial charge is 0.476 e. The van der Waals surface area contributed by atoms with Crippen molar-refractivity contribution >= 4 is 55.8 Å². The predicted octanol–water partition coefficient (Wildman–Crippen LogP) is 3.70. The number of para-hydroxylation sites is 2. The van der Waals surface area contributed by atoms with Gasteiger partial charge in [-0.25, -0.2) is 4.98 Å². The van der Waals surface area contributed by atoms with Gasteiger partial charge in [0.15, 0.2) is 11.2 Å². The summed E-state index contributed by atoms with van der Waals surface area (Å²) >= 11 is 7.32. The molecule has 6 nitrogen and oxygen atoms in total. The number of nitrogens with one attached hydrogen (secondary N) is 1. The van der Waals surface area contributed by atoms with E-state index in [4.69, 9.17) is 16.3 Å². The van der Waals surface area contributed by atoms with E-state index in [1.807, 2.05) is 6.07 Å². The van der Waals surface area contributed by atoms with Crippen LogP contribution >= 0.6 is 22.9 Å². The van der Waals surface area contributed by atoms with Gasteiger partial charge < -0.3 is 9.64 Å². The van der Waals surface area contributed by atoms with E-state index < -0.39 is 6.10 Å². The number of rotatable bonds is 2. The van der Waals surface area contributed by atoms with Crippen LogP contribution in [0.15, 0.2) is 42.5 Å². The number of benzene rings is 2. The summed E-state index contributed by atoms with van der Waals surface area (Å²) in [5, 5.41) is 3.85. The van der Waals surface area contributed by atoms with Crippen LogP contribution in [-0.2, 0) is 9.59 Å². The number of carbonyl (C=O) groups is 2. The lowest BCUT2D eigenvalue weighted by atomic mass is 10.2. The van der Waals surface area contributed by atoms with Crippen molar-refractivity contribution in [2.45, 2.75) is 13.0 Å². The molecule has 1 aliphatic rings. The quantitative estimate of drug-likeness (QED) is 0.727. The van der Waals surface area contributed by atoms with E-state index in [0.29, 0.717) is 21.6 Å². The number of fused-ring (bicyclic) bond motifs is 2. The molecule has 0 aliphatic carbocycles. The highest BCUT2D eigenvalue weighted by atomic mass is 35.5. The number of ether oxygens (including phenoxy) is 1. The summed E-state index contributed by atoms with van der Waals surface area (Å²) in [6.45, 7) is 1.61. The molecule has 0 bridgehead atoms. The first-order valence-corrected chi connectivity index (χ1v) is 9.11. The molecule has 132 valence electrons. The zero-order chi connectivity index (χ0) is 18.3. The monoisotopic (exact) mass is 387 g/mol. The Hall–Kier alpha value is -2.64. The Balaban J connectivity index is 1.57.